The molecule has 0 unspecified atom stereocenters. The van der Waals surface area contributed by atoms with Gasteiger partial charge in [0.05, 0.1) is 6.26 Å². The van der Waals surface area contributed by atoms with Crippen LogP contribution >= 0.6 is 11.3 Å². The number of fused-ring (bicyclic) bond motifs is 1. The number of hydrogen-bond acceptors (Lipinski definition) is 3. The molecule has 68 valence electrons. The van der Waals surface area contributed by atoms with E-state index in [2.05, 4.69) is 11.1 Å². The topological polar surface area (TPSA) is 26.0 Å². The first-order chi connectivity index (χ1) is 6.95. The van der Waals surface area contributed by atoms with Gasteiger partial charge < -0.3 is 4.42 Å². The minimum Gasteiger partial charge on any atom is -0.464 e. The molecule has 3 heteroatoms. The molecular weight excluding hydrogens is 194 g/mol. The van der Waals surface area contributed by atoms with Crippen LogP contribution in [0.4, 0.5) is 0 Å². The van der Waals surface area contributed by atoms with Crippen LogP contribution in [0.15, 0.2) is 46.5 Å². The Labute approximate surface area is 84.8 Å². The third-order valence-corrected chi connectivity index (χ3v) is 2.96. The second kappa shape index (κ2) is 2.96. The first kappa shape index (κ1) is 7.76. The van der Waals surface area contributed by atoms with Crippen molar-refractivity contribution in [1.29, 1.82) is 0 Å². The molecule has 0 radical (unpaired) electrons. The summed E-state index contributed by atoms with van der Waals surface area (Å²) < 4.78 is 5.33. The Hall–Kier alpha value is -1.61. The van der Waals surface area contributed by atoms with Gasteiger partial charge in [-0.3, -0.25) is 0 Å². The largest absolute Gasteiger partial charge is 0.464 e. The van der Waals surface area contributed by atoms with Crippen molar-refractivity contribution in [3.8, 4) is 10.6 Å². The predicted octanol–water partition coefficient (Wildman–Crippen LogP) is 3.56. The third kappa shape index (κ3) is 1.06. The molecule has 0 aliphatic heterocycles. The van der Waals surface area contributed by atoms with E-state index in [-0.39, 0.29) is 0 Å². The highest BCUT2D eigenvalue weighted by molar-refractivity contribution is 7.13. The van der Waals surface area contributed by atoms with E-state index < -0.39 is 0 Å². The van der Waals surface area contributed by atoms with Gasteiger partial charge >= 0.3 is 0 Å². The molecule has 2 heterocycles. The number of aromatic nitrogens is 1. The molecule has 0 spiro atoms. The Morgan fingerprint density at radius 1 is 1.21 bits per heavy atom. The van der Waals surface area contributed by atoms with Crippen molar-refractivity contribution in [2.75, 3.05) is 0 Å². The summed E-state index contributed by atoms with van der Waals surface area (Å²) in [5, 5.41) is 4.15. The quantitative estimate of drug-likeness (QED) is 0.601. The molecule has 2 nitrogen and oxygen atoms in total. The second-order valence-corrected chi connectivity index (χ2v) is 3.87. The number of nitrogens with zero attached hydrogens (tertiary/aromatic N) is 1. The van der Waals surface area contributed by atoms with Crippen LogP contribution in [0.1, 0.15) is 0 Å². The van der Waals surface area contributed by atoms with Gasteiger partial charge in [-0.25, -0.2) is 4.98 Å². The highest BCUT2D eigenvalue weighted by atomic mass is 32.1. The van der Waals surface area contributed by atoms with Gasteiger partial charge in [-0.15, -0.1) is 11.3 Å². The summed E-state index contributed by atoms with van der Waals surface area (Å²) >= 11 is 1.64. The molecule has 0 aliphatic rings. The summed E-state index contributed by atoms with van der Waals surface area (Å²) in [4.78, 5) is 4.29. The van der Waals surface area contributed by atoms with Gasteiger partial charge in [-0.05, 0) is 12.1 Å². The van der Waals surface area contributed by atoms with E-state index in [0.29, 0.717) is 0 Å². The Morgan fingerprint density at radius 3 is 3.07 bits per heavy atom. The van der Waals surface area contributed by atoms with Gasteiger partial charge in [0.15, 0.2) is 0 Å². The van der Waals surface area contributed by atoms with Crippen molar-refractivity contribution in [1.82, 2.24) is 4.98 Å². The summed E-state index contributed by atoms with van der Waals surface area (Å²) in [5.41, 5.74) is 2.06. The van der Waals surface area contributed by atoms with Crippen molar-refractivity contribution >= 4 is 22.3 Å². The van der Waals surface area contributed by atoms with Crippen LogP contribution in [0, 0.1) is 0 Å². The molecule has 0 saturated carbocycles. The lowest BCUT2D eigenvalue weighted by atomic mass is 10.1. The molecule has 0 saturated heterocycles. The van der Waals surface area contributed by atoms with Crippen LogP contribution in [0.25, 0.3) is 21.5 Å². The Bertz CT molecular complexity index is 553. The zero-order valence-corrected chi connectivity index (χ0v) is 8.12. The van der Waals surface area contributed by atoms with Crippen molar-refractivity contribution < 1.29 is 4.42 Å². The lowest BCUT2D eigenvalue weighted by Crippen LogP contribution is -1.75. The van der Waals surface area contributed by atoms with Gasteiger partial charge in [-0.1, -0.05) is 12.1 Å². The standard InChI is InChI=1S/C11H7NOS/c1-2-9(11-12-5-7-14-11)8-4-6-13-10(8)3-1/h1-7H. The highest BCUT2D eigenvalue weighted by Gasteiger charge is 2.06. The summed E-state index contributed by atoms with van der Waals surface area (Å²) in [6, 6.07) is 8.00. The van der Waals surface area contributed by atoms with E-state index in [1.54, 1.807) is 17.6 Å². The molecule has 3 rings (SSSR count). The Balaban J connectivity index is 2.36. The summed E-state index contributed by atoms with van der Waals surface area (Å²) in [7, 11) is 0. The first-order valence-electron chi connectivity index (χ1n) is 4.31. The van der Waals surface area contributed by atoms with Crippen LogP contribution in [-0.2, 0) is 0 Å². The van der Waals surface area contributed by atoms with Crippen LogP contribution < -0.4 is 0 Å². The Morgan fingerprint density at radius 2 is 2.21 bits per heavy atom. The number of thiazole rings is 1. The van der Waals surface area contributed by atoms with Crippen LogP contribution in [0.2, 0.25) is 0 Å². The molecule has 0 aliphatic carbocycles. The molecule has 0 fully saturated rings. The molecule has 2 aromatic heterocycles. The minimum atomic E-state index is 0.915. The van der Waals surface area contributed by atoms with E-state index in [1.807, 2.05) is 29.8 Å². The fourth-order valence-corrected chi connectivity index (χ4v) is 2.21. The molecule has 1 aromatic carbocycles. The average molecular weight is 201 g/mol. The monoisotopic (exact) mass is 201 g/mol. The summed E-state index contributed by atoms with van der Waals surface area (Å²) in [6.07, 6.45) is 3.53. The molecule has 0 N–H and O–H groups in total. The smallest absolute Gasteiger partial charge is 0.134 e. The second-order valence-electron chi connectivity index (χ2n) is 2.98. The van der Waals surface area contributed by atoms with Gasteiger partial charge in [-0.2, -0.15) is 0 Å². The molecule has 14 heavy (non-hydrogen) atoms. The maximum absolute atomic E-state index is 5.33. The van der Waals surface area contributed by atoms with Gasteiger partial charge in [0.2, 0.25) is 0 Å². The normalized spacial score (nSPS) is 10.9. The highest BCUT2D eigenvalue weighted by Crippen LogP contribution is 2.30. The molecule has 0 bridgehead atoms. The maximum Gasteiger partial charge on any atom is 0.134 e. The molecule has 0 atom stereocenters. The fourth-order valence-electron chi connectivity index (χ4n) is 1.54. The van der Waals surface area contributed by atoms with Crippen molar-refractivity contribution in [2.24, 2.45) is 0 Å². The zero-order chi connectivity index (χ0) is 9.38. The van der Waals surface area contributed by atoms with Crippen LogP contribution in [0.3, 0.4) is 0 Å². The minimum absolute atomic E-state index is 0.915. The fraction of sp³-hybridized carbons (Fsp3) is 0. The van der Waals surface area contributed by atoms with Gasteiger partial charge in [0, 0.05) is 22.5 Å². The third-order valence-electron chi connectivity index (χ3n) is 2.16. The van der Waals surface area contributed by atoms with E-state index >= 15 is 0 Å². The van der Waals surface area contributed by atoms with E-state index in [1.165, 1.54) is 0 Å². The number of rotatable bonds is 1. The van der Waals surface area contributed by atoms with E-state index in [0.717, 1.165) is 21.5 Å². The first-order valence-corrected chi connectivity index (χ1v) is 5.19. The SMILES string of the molecule is c1cc(-c2nccs2)c2ccoc2c1. The van der Waals surface area contributed by atoms with Crippen molar-refractivity contribution in [3.05, 3.63) is 42.1 Å². The zero-order valence-electron chi connectivity index (χ0n) is 7.31. The predicted molar refractivity (Wildman–Crippen MR) is 57.3 cm³/mol. The molecule has 0 amide bonds. The van der Waals surface area contributed by atoms with Crippen molar-refractivity contribution in [3.63, 3.8) is 0 Å². The average Bonchev–Trinajstić information content (AvgIpc) is 2.88. The number of hydrogen-bond donors (Lipinski definition) is 0. The molecular formula is C11H7NOS. The number of furan rings is 1. The van der Waals surface area contributed by atoms with Gasteiger partial charge in [0.1, 0.15) is 10.6 Å². The lowest BCUT2D eigenvalue weighted by molar-refractivity contribution is 0.616. The summed E-state index contributed by atoms with van der Waals surface area (Å²) in [6.45, 7) is 0. The van der Waals surface area contributed by atoms with Crippen molar-refractivity contribution in [2.45, 2.75) is 0 Å². The van der Waals surface area contributed by atoms with Gasteiger partial charge in [0.25, 0.3) is 0 Å². The Kier molecular flexibility index (Phi) is 1.64. The summed E-state index contributed by atoms with van der Waals surface area (Å²) in [5.74, 6) is 0. The molecule has 3 aromatic rings. The number of benzene rings is 1. The van der Waals surface area contributed by atoms with E-state index in [4.69, 9.17) is 4.42 Å². The lowest BCUT2D eigenvalue weighted by Gasteiger charge is -1.96. The van der Waals surface area contributed by atoms with Crippen LogP contribution in [-0.4, -0.2) is 4.98 Å². The van der Waals surface area contributed by atoms with Crippen LogP contribution in [0.5, 0.6) is 0 Å². The maximum atomic E-state index is 5.33. The van der Waals surface area contributed by atoms with E-state index in [9.17, 15) is 0 Å².